The summed E-state index contributed by atoms with van der Waals surface area (Å²) in [4.78, 5) is 39.3. The Bertz CT molecular complexity index is 1490. The third-order valence-electron chi connectivity index (χ3n) is 6.38. The molecule has 6 nitrogen and oxygen atoms in total. The summed E-state index contributed by atoms with van der Waals surface area (Å²) in [5.41, 5.74) is 2.82. The van der Waals surface area contributed by atoms with Crippen LogP contribution in [0.3, 0.4) is 0 Å². The maximum Gasteiger partial charge on any atom is 0.317 e. The summed E-state index contributed by atoms with van der Waals surface area (Å²) >= 11 is 6.24. The molecule has 1 heterocycles. The van der Waals surface area contributed by atoms with Gasteiger partial charge in [-0.05, 0) is 54.2 Å². The van der Waals surface area contributed by atoms with Gasteiger partial charge in [0.1, 0.15) is 6.54 Å². The first-order valence-corrected chi connectivity index (χ1v) is 11.7. The molecule has 5 rings (SSSR count). The van der Waals surface area contributed by atoms with Gasteiger partial charge in [0, 0.05) is 5.02 Å². The van der Waals surface area contributed by atoms with Crippen LogP contribution in [-0.4, -0.2) is 15.0 Å². The fourth-order valence-electron chi connectivity index (χ4n) is 4.76. The molecule has 1 amide bonds. The summed E-state index contributed by atoms with van der Waals surface area (Å²) in [5, 5.41) is 3.49. The first-order valence-electron chi connectivity index (χ1n) is 11.4. The van der Waals surface area contributed by atoms with Gasteiger partial charge in [0.05, 0.1) is 23.6 Å². The highest BCUT2D eigenvalue weighted by atomic mass is 35.5. The Kier molecular flexibility index (Phi) is 6.07. The predicted molar refractivity (Wildman–Crippen MR) is 133 cm³/mol. The quantitative estimate of drug-likeness (QED) is 0.444. The minimum absolute atomic E-state index is 0.110. The molecule has 0 aliphatic heterocycles. The van der Waals surface area contributed by atoms with E-state index >= 15 is 0 Å². The summed E-state index contributed by atoms with van der Waals surface area (Å²) in [6.07, 6.45) is 2.81. The SMILES string of the molecule is O=C(Cn1c(=O)c(=O)n(Cc2ccccc2)c2ccc(Cl)cc21)N[C@@H]1CCCc2ccccc21. The Morgan fingerprint density at radius 1 is 0.912 bits per heavy atom. The van der Waals surface area contributed by atoms with E-state index in [0.29, 0.717) is 16.1 Å². The molecule has 0 bridgehead atoms. The minimum Gasteiger partial charge on any atom is -0.348 e. The molecule has 0 unspecified atom stereocenters. The topological polar surface area (TPSA) is 73.1 Å². The van der Waals surface area contributed by atoms with Crippen molar-refractivity contribution in [1.29, 1.82) is 0 Å². The summed E-state index contributed by atoms with van der Waals surface area (Å²) in [5.74, 6) is -0.315. The molecule has 1 atom stereocenters. The van der Waals surface area contributed by atoms with Crippen molar-refractivity contribution in [1.82, 2.24) is 14.5 Å². The van der Waals surface area contributed by atoms with Crippen molar-refractivity contribution in [2.75, 3.05) is 0 Å². The van der Waals surface area contributed by atoms with E-state index in [9.17, 15) is 14.4 Å². The monoisotopic (exact) mass is 473 g/mol. The first-order chi connectivity index (χ1) is 16.5. The zero-order valence-electron chi connectivity index (χ0n) is 18.5. The second-order valence-corrected chi connectivity index (χ2v) is 9.05. The van der Waals surface area contributed by atoms with E-state index in [4.69, 9.17) is 11.6 Å². The Balaban J connectivity index is 1.51. The Hall–Kier alpha value is -3.64. The van der Waals surface area contributed by atoms with Crippen LogP contribution < -0.4 is 16.4 Å². The number of nitrogens with one attached hydrogen (secondary N) is 1. The van der Waals surface area contributed by atoms with Crippen LogP contribution in [0.1, 0.15) is 35.6 Å². The molecule has 1 aromatic heterocycles. The normalized spacial score (nSPS) is 15.1. The highest BCUT2D eigenvalue weighted by molar-refractivity contribution is 6.31. The van der Waals surface area contributed by atoms with Crippen LogP contribution in [0.5, 0.6) is 0 Å². The summed E-state index contributed by atoms with van der Waals surface area (Å²) in [7, 11) is 0. The van der Waals surface area contributed by atoms with Crippen LogP contribution in [0, 0.1) is 0 Å². The number of halogens is 1. The molecule has 1 aliphatic rings. The first kappa shape index (κ1) is 22.2. The van der Waals surface area contributed by atoms with Crippen LogP contribution in [0.2, 0.25) is 5.02 Å². The number of hydrogen-bond donors (Lipinski definition) is 1. The Morgan fingerprint density at radius 3 is 2.47 bits per heavy atom. The molecular weight excluding hydrogens is 450 g/mol. The standard InChI is InChI=1S/C27H24ClN3O3/c28-20-13-14-23-24(15-20)31(27(34)26(33)30(23)16-18-7-2-1-3-8-18)17-25(32)29-22-12-6-10-19-9-4-5-11-21(19)22/h1-5,7-9,11,13-15,22H,6,10,12,16-17H2,(H,29,32)/t22-/m1/s1. The Labute approximate surface area is 201 Å². The lowest BCUT2D eigenvalue weighted by atomic mass is 9.88. The average molecular weight is 474 g/mol. The van der Waals surface area contributed by atoms with Gasteiger partial charge in [0.25, 0.3) is 0 Å². The van der Waals surface area contributed by atoms with Crippen LogP contribution in [0.25, 0.3) is 11.0 Å². The van der Waals surface area contributed by atoms with E-state index in [2.05, 4.69) is 11.4 Å². The van der Waals surface area contributed by atoms with Gasteiger partial charge in [-0.15, -0.1) is 0 Å². The fraction of sp³-hybridized carbons (Fsp3) is 0.222. The molecular formula is C27H24ClN3O3. The van der Waals surface area contributed by atoms with Gasteiger partial charge in [-0.1, -0.05) is 66.2 Å². The molecule has 0 spiro atoms. The van der Waals surface area contributed by atoms with Gasteiger partial charge in [0.2, 0.25) is 5.91 Å². The van der Waals surface area contributed by atoms with Gasteiger partial charge < -0.3 is 5.32 Å². The number of nitrogens with zero attached hydrogens (tertiary/aromatic N) is 2. The van der Waals surface area contributed by atoms with Gasteiger partial charge in [-0.2, -0.15) is 0 Å². The number of carbonyl (C=O) groups is 1. The van der Waals surface area contributed by atoms with Gasteiger partial charge in [-0.25, -0.2) is 0 Å². The average Bonchev–Trinajstić information content (AvgIpc) is 2.85. The molecule has 34 heavy (non-hydrogen) atoms. The lowest BCUT2D eigenvalue weighted by Gasteiger charge is -2.26. The number of carbonyl (C=O) groups excluding carboxylic acids is 1. The maximum atomic E-state index is 13.1. The van der Waals surface area contributed by atoms with E-state index in [1.54, 1.807) is 18.2 Å². The number of fused-ring (bicyclic) bond motifs is 2. The molecule has 1 aliphatic carbocycles. The molecule has 1 N–H and O–H groups in total. The molecule has 172 valence electrons. The number of hydrogen-bond acceptors (Lipinski definition) is 3. The second-order valence-electron chi connectivity index (χ2n) is 8.61. The second kappa shape index (κ2) is 9.31. The minimum atomic E-state index is -0.745. The van der Waals surface area contributed by atoms with E-state index in [0.717, 1.165) is 30.4 Å². The zero-order valence-corrected chi connectivity index (χ0v) is 19.3. The van der Waals surface area contributed by atoms with Crippen molar-refractivity contribution in [3.8, 4) is 0 Å². The van der Waals surface area contributed by atoms with E-state index in [1.807, 2.05) is 48.5 Å². The fourth-order valence-corrected chi connectivity index (χ4v) is 4.92. The molecule has 0 saturated heterocycles. The van der Waals surface area contributed by atoms with Crippen LogP contribution >= 0.6 is 11.6 Å². The van der Waals surface area contributed by atoms with Gasteiger partial charge >= 0.3 is 11.1 Å². The van der Waals surface area contributed by atoms with Crippen molar-refractivity contribution in [3.05, 3.63) is 115 Å². The lowest BCUT2D eigenvalue weighted by Crippen LogP contribution is -2.44. The number of aryl methyl sites for hydroxylation is 1. The lowest BCUT2D eigenvalue weighted by molar-refractivity contribution is -0.122. The van der Waals surface area contributed by atoms with E-state index in [1.165, 1.54) is 14.7 Å². The van der Waals surface area contributed by atoms with Crippen molar-refractivity contribution < 1.29 is 4.79 Å². The van der Waals surface area contributed by atoms with Gasteiger partial charge in [-0.3, -0.25) is 23.5 Å². The number of aromatic nitrogens is 2. The summed E-state index contributed by atoms with van der Waals surface area (Å²) < 4.78 is 2.67. The third-order valence-corrected chi connectivity index (χ3v) is 6.62. The van der Waals surface area contributed by atoms with Crippen molar-refractivity contribution >= 4 is 28.5 Å². The Morgan fingerprint density at radius 2 is 1.65 bits per heavy atom. The van der Waals surface area contributed by atoms with Crippen molar-refractivity contribution in [3.63, 3.8) is 0 Å². The molecule has 4 aromatic rings. The highest BCUT2D eigenvalue weighted by Crippen LogP contribution is 2.29. The summed E-state index contributed by atoms with van der Waals surface area (Å²) in [6.45, 7) is -0.00526. The maximum absolute atomic E-state index is 13.1. The van der Waals surface area contributed by atoms with Crippen LogP contribution in [0.15, 0.2) is 82.4 Å². The van der Waals surface area contributed by atoms with Crippen molar-refractivity contribution in [2.24, 2.45) is 0 Å². The molecule has 3 aromatic carbocycles. The highest BCUT2D eigenvalue weighted by Gasteiger charge is 2.23. The number of amides is 1. The molecule has 7 heteroatoms. The van der Waals surface area contributed by atoms with E-state index < -0.39 is 11.1 Å². The van der Waals surface area contributed by atoms with E-state index in [-0.39, 0.29) is 25.0 Å². The third kappa shape index (κ3) is 4.29. The molecule has 0 fully saturated rings. The smallest absolute Gasteiger partial charge is 0.317 e. The largest absolute Gasteiger partial charge is 0.348 e. The van der Waals surface area contributed by atoms with Crippen LogP contribution in [-0.2, 0) is 24.3 Å². The zero-order chi connectivity index (χ0) is 23.7. The molecule has 0 radical (unpaired) electrons. The predicted octanol–water partition coefficient (Wildman–Crippen LogP) is 4.06. The molecule has 0 saturated carbocycles. The summed E-state index contributed by atoms with van der Waals surface area (Å²) in [6, 6.07) is 22.5. The number of benzene rings is 3. The van der Waals surface area contributed by atoms with Gasteiger partial charge in [0.15, 0.2) is 0 Å². The number of rotatable bonds is 5. The van der Waals surface area contributed by atoms with Crippen molar-refractivity contribution in [2.45, 2.75) is 38.4 Å². The van der Waals surface area contributed by atoms with Crippen LogP contribution in [0.4, 0.5) is 0 Å².